The second-order valence-electron chi connectivity index (χ2n) is 7.84. The van der Waals surface area contributed by atoms with Crippen LogP contribution in [0.5, 0.6) is 11.5 Å². The third kappa shape index (κ3) is 6.72. The number of carbonyl (C=O) groups is 1. The van der Waals surface area contributed by atoms with E-state index in [2.05, 4.69) is 4.98 Å². The van der Waals surface area contributed by atoms with Crippen LogP contribution in [-0.4, -0.2) is 35.7 Å². The van der Waals surface area contributed by atoms with Gasteiger partial charge in [-0.2, -0.15) is 0 Å². The van der Waals surface area contributed by atoms with Crippen LogP contribution in [-0.2, 0) is 18.0 Å². The van der Waals surface area contributed by atoms with Gasteiger partial charge in [-0.3, -0.25) is 4.98 Å². The van der Waals surface area contributed by atoms with E-state index in [9.17, 15) is 4.79 Å². The highest BCUT2D eigenvalue weighted by atomic mass is 32.1. The average molecular weight is 453 g/mol. The number of hydrogen-bond acceptors (Lipinski definition) is 6. The number of rotatable bonds is 9. The molecule has 0 unspecified atom stereocenters. The number of aromatic nitrogens is 1. The molecule has 0 bridgehead atoms. The summed E-state index contributed by atoms with van der Waals surface area (Å²) in [6.07, 6.45) is 4.44. The molecular formula is C25H28N2O4S. The lowest BCUT2D eigenvalue weighted by molar-refractivity contribution is 0.0807. The molecule has 168 valence electrons. The van der Waals surface area contributed by atoms with Crippen LogP contribution >= 0.6 is 11.3 Å². The molecule has 0 radical (unpaired) electrons. The summed E-state index contributed by atoms with van der Waals surface area (Å²) in [5, 5.41) is 0. The monoisotopic (exact) mass is 452 g/mol. The molecule has 0 aliphatic carbocycles. The van der Waals surface area contributed by atoms with Crippen molar-refractivity contribution in [1.29, 1.82) is 0 Å². The Balaban J connectivity index is 1.11. The third-order valence-electron chi connectivity index (χ3n) is 5.56. The van der Waals surface area contributed by atoms with Gasteiger partial charge in [-0.1, -0.05) is 30.3 Å². The van der Waals surface area contributed by atoms with E-state index < -0.39 is 0 Å². The Labute approximate surface area is 192 Å². The molecule has 1 saturated heterocycles. The van der Waals surface area contributed by atoms with Crippen molar-refractivity contribution >= 4 is 17.4 Å². The van der Waals surface area contributed by atoms with Gasteiger partial charge in [0.05, 0.1) is 17.0 Å². The van der Waals surface area contributed by atoms with E-state index in [-0.39, 0.29) is 6.09 Å². The summed E-state index contributed by atoms with van der Waals surface area (Å²) in [6, 6.07) is 17.9. The predicted octanol–water partition coefficient (Wildman–Crippen LogP) is 5.54. The molecule has 32 heavy (non-hydrogen) atoms. The Morgan fingerprint density at radius 3 is 2.38 bits per heavy atom. The summed E-state index contributed by atoms with van der Waals surface area (Å²) in [7, 11) is 0. The maximum Gasteiger partial charge on any atom is 0.410 e. The number of nitrogens with zero attached hydrogens (tertiary/aromatic N) is 2. The number of piperidine rings is 1. The molecule has 1 aliphatic heterocycles. The van der Waals surface area contributed by atoms with Crippen LogP contribution in [0.1, 0.15) is 29.7 Å². The lowest BCUT2D eigenvalue weighted by Gasteiger charge is -2.31. The molecule has 0 spiro atoms. The van der Waals surface area contributed by atoms with Crippen molar-refractivity contribution in [3.63, 3.8) is 0 Å². The molecule has 1 fully saturated rings. The maximum atomic E-state index is 12.2. The summed E-state index contributed by atoms with van der Waals surface area (Å²) < 4.78 is 17.1. The van der Waals surface area contributed by atoms with Crippen LogP contribution in [0, 0.1) is 5.92 Å². The van der Waals surface area contributed by atoms with E-state index in [0.717, 1.165) is 54.3 Å². The molecular weight excluding hydrogens is 424 g/mol. The second kappa shape index (κ2) is 11.5. The molecule has 2 aromatic carbocycles. The SMILES string of the molecule is O=C(OCc1cncs1)N1CCC(CCOc2ccc(OCc3ccccc3)cc2)CC1. The number of hydrogen-bond donors (Lipinski definition) is 0. The Hall–Kier alpha value is -3.06. The van der Waals surface area contributed by atoms with E-state index in [4.69, 9.17) is 14.2 Å². The van der Waals surface area contributed by atoms with Crippen molar-refractivity contribution in [2.75, 3.05) is 19.7 Å². The second-order valence-corrected chi connectivity index (χ2v) is 8.81. The molecule has 2 heterocycles. The minimum atomic E-state index is -0.234. The van der Waals surface area contributed by atoms with Crippen LogP contribution in [0.2, 0.25) is 0 Å². The van der Waals surface area contributed by atoms with E-state index in [1.165, 1.54) is 11.3 Å². The largest absolute Gasteiger partial charge is 0.494 e. The molecule has 0 saturated carbocycles. The van der Waals surface area contributed by atoms with Gasteiger partial charge in [0.2, 0.25) is 0 Å². The van der Waals surface area contributed by atoms with Crippen molar-refractivity contribution in [3.8, 4) is 11.5 Å². The van der Waals surface area contributed by atoms with Gasteiger partial charge in [0.15, 0.2) is 0 Å². The number of thiazole rings is 1. The molecule has 1 aliphatic rings. The molecule has 4 rings (SSSR count). The van der Waals surface area contributed by atoms with Crippen LogP contribution in [0.4, 0.5) is 4.79 Å². The van der Waals surface area contributed by atoms with Crippen LogP contribution in [0.15, 0.2) is 66.3 Å². The van der Waals surface area contributed by atoms with Crippen molar-refractivity contribution in [2.24, 2.45) is 5.92 Å². The zero-order valence-electron chi connectivity index (χ0n) is 18.0. The first-order chi connectivity index (χ1) is 15.8. The van der Waals surface area contributed by atoms with Gasteiger partial charge in [-0.05, 0) is 55.0 Å². The van der Waals surface area contributed by atoms with E-state index in [1.807, 2.05) is 54.6 Å². The maximum absolute atomic E-state index is 12.2. The molecule has 3 aromatic rings. The van der Waals surface area contributed by atoms with Gasteiger partial charge >= 0.3 is 6.09 Å². The number of amides is 1. The molecule has 1 aromatic heterocycles. The lowest BCUT2D eigenvalue weighted by Crippen LogP contribution is -2.39. The smallest absolute Gasteiger partial charge is 0.410 e. The van der Waals surface area contributed by atoms with Crippen LogP contribution < -0.4 is 9.47 Å². The minimum Gasteiger partial charge on any atom is -0.494 e. The molecule has 6 nitrogen and oxygen atoms in total. The highest BCUT2D eigenvalue weighted by Gasteiger charge is 2.23. The first-order valence-electron chi connectivity index (χ1n) is 10.9. The van der Waals surface area contributed by atoms with Gasteiger partial charge in [0.25, 0.3) is 0 Å². The Morgan fingerprint density at radius 2 is 1.69 bits per heavy atom. The standard InChI is InChI=1S/C25H28N2O4S/c28-25(31-18-24-16-26-19-32-24)27-13-10-20(11-14-27)12-15-29-22-6-8-23(9-7-22)30-17-21-4-2-1-3-5-21/h1-9,16,19-20H,10-15,17-18H2. The number of likely N-dealkylation sites (tertiary alicyclic amines) is 1. The average Bonchev–Trinajstić information content (AvgIpc) is 3.37. The molecule has 0 N–H and O–H groups in total. The lowest BCUT2D eigenvalue weighted by atomic mass is 9.94. The van der Waals surface area contributed by atoms with Crippen LogP contribution in [0.3, 0.4) is 0 Å². The molecule has 1 amide bonds. The highest BCUT2D eigenvalue weighted by molar-refractivity contribution is 7.09. The van der Waals surface area contributed by atoms with Crippen molar-refractivity contribution in [2.45, 2.75) is 32.5 Å². The quantitative estimate of drug-likeness (QED) is 0.427. The van der Waals surface area contributed by atoms with Crippen LogP contribution in [0.25, 0.3) is 0 Å². The topological polar surface area (TPSA) is 60.9 Å². The normalized spacial score (nSPS) is 14.2. The summed E-state index contributed by atoms with van der Waals surface area (Å²) >= 11 is 1.49. The highest BCUT2D eigenvalue weighted by Crippen LogP contribution is 2.23. The van der Waals surface area contributed by atoms with Gasteiger partial charge in [-0.15, -0.1) is 11.3 Å². The predicted molar refractivity (Wildman–Crippen MR) is 124 cm³/mol. The zero-order chi connectivity index (χ0) is 22.0. The summed E-state index contributed by atoms with van der Waals surface area (Å²) in [6.45, 7) is 3.00. The number of benzene rings is 2. The first kappa shape index (κ1) is 22.1. The summed E-state index contributed by atoms with van der Waals surface area (Å²) in [5.74, 6) is 2.24. The fraction of sp³-hybridized carbons (Fsp3) is 0.360. The van der Waals surface area contributed by atoms with Crippen molar-refractivity contribution in [3.05, 3.63) is 76.7 Å². The number of carbonyl (C=O) groups excluding carboxylic acids is 1. The van der Waals surface area contributed by atoms with Gasteiger partial charge < -0.3 is 19.1 Å². The number of ether oxygens (including phenoxy) is 3. The van der Waals surface area contributed by atoms with E-state index in [0.29, 0.717) is 25.7 Å². The van der Waals surface area contributed by atoms with Crippen molar-refractivity contribution < 1.29 is 19.0 Å². The van der Waals surface area contributed by atoms with Gasteiger partial charge in [-0.25, -0.2) is 4.79 Å². The Kier molecular flexibility index (Phi) is 7.98. The fourth-order valence-corrected chi connectivity index (χ4v) is 4.16. The third-order valence-corrected chi connectivity index (χ3v) is 6.31. The van der Waals surface area contributed by atoms with Gasteiger partial charge in [0, 0.05) is 19.3 Å². The minimum absolute atomic E-state index is 0.234. The molecule has 0 atom stereocenters. The Morgan fingerprint density at radius 1 is 0.969 bits per heavy atom. The summed E-state index contributed by atoms with van der Waals surface area (Å²) in [5.41, 5.74) is 2.89. The fourth-order valence-electron chi connectivity index (χ4n) is 3.66. The first-order valence-corrected chi connectivity index (χ1v) is 11.8. The zero-order valence-corrected chi connectivity index (χ0v) is 18.8. The van der Waals surface area contributed by atoms with Gasteiger partial charge in [0.1, 0.15) is 24.7 Å². The molecule has 7 heteroatoms. The Bertz CT molecular complexity index is 940. The van der Waals surface area contributed by atoms with Crippen molar-refractivity contribution in [1.82, 2.24) is 9.88 Å². The summed E-state index contributed by atoms with van der Waals surface area (Å²) in [4.78, 5) is 19.0. The van der Waals surface area contributed by atoms with E-state index >= 15 is 0 Å². The van der Waals surface area contributed by atoms with E-state index in [1.54, 1.807) is 16.6 Å².